The van der Waals surface area contributed by atoms with Crippen LogP contribution in [0.2, 0.25) is 0 Å². The van der Waals surface area contributed by atoms with Crippen molar-refractivity contribution in [3.8, 4) is 6.07 Å². The van der Waals surface area contributed by atoms with E-state index in [-0.39, 0.29) is 24.9 Å². The first-order chi connectivity index (χ1) is 5.27. The zero-order chi connectivity index (χ0) is 8.27. The fraction of sp³-hybridized carbons (Fsp3) is 0.714. The van der Waals surface area contributed by atoms with E-state index in [9.17, 15) is 4.79 Å². The minimum absolute atomic E-state index is 0.0435. The second-order valence-electron chi connectivity index (χ2n) is 2.68. The maximum Gasteiger partial charge on any atom is 0.236 e. The molecule has 60 valence electrons. The molecule has 1 fully saturated rings. The summed E-state index contributed by atoms with van der Waals surface area (Å²) in [6.45, 7) is 1.35. The van der Waals surface area contributed by atoms with E-state index in [2.05, 4.69) is 0 Å². The maximum absolute atomic E-state index is 10.9. The first kappa shape index (κ1) is 8.02. The zero-order valence-electron chi connectivity index (χ0n) is 6.16. The molecule has 1 saturated heterocycles. The summed E-state index contributed by atoms with van der Waals surface area (Å²) in [5.41, 5.74) is 0. The van der Waals surface area contributed by atoms with Gasteiger partial charge in [0, 0.05) is 25.6 Å². The highest BCUT2D eigenvalue weighted by Gasteiger charge is 2.29. The van der Waals surface area contributed by atoms with Crippen molar-refractivity contribution in [2.24, 2.45) is 5.92 Å². The van der Waals surface area contributed by atoms with Gasteiger partial charge >= 0.3 is 0 Å². The van der Waals surface area contributed by atoms with Crippen molar-refractivity contribution < 1.29 is 9.90 Å². The number of aliphatic hydroxyl groups is 1. The molecule has 0 aliphatic carbocycles. The van der Waals surface area contributed by atoms with Gasteiger partial charge in [-0.3, -0.25) is 4.79 Å². The fourth-order valence-corrected chi connectivity index (χ4v) is 1.07. The Morgan fingerprint density at radius 2 is 2.36 bits per heavy atom. The molecular weight excluding hydrogens is 144 g/mol. The van der Waals surface area contributed by atoms with Crippen LogP contribution in [0.5, 0.6) is 0 Å². The van der Waals surface area contributed by atoms with Gasteiger partial charge in [0.15, 0.2) is 0 Å². The molecule has 1 aliphatic rings. The molecule has 1 heterocycles. The first-order valence-electron chi connectivity index (χ1n) is 3.53. The Kier molecular flexibility index (Phi) is 2.44. The molecule has 1 aliphatic heterocycles. The predicted molar refractivity (Wildman–Crippen MR) is 37.4 cm³/mol. The number of carbonyl (C=O) groups is 1. The van der Waals surface area contributed by atoms with Gasteiger partial charge in [0.05, 0.1) is 6.07 Å². The van der Waals surface area contributed by atoms with E-state index < -0.39 is 0 Å². The molecule has 4 nitrogen and oxygen atoms in total. The first-order valence-corrected chi connectivity index (χ1v) is 3.53. The van der Waals surface area contributed by atoms with Crippen LogP contribution in [0.1, 0.15) is 6.42 Å². The quantitative estimate of drug-likeness (QED) is 0.575. The number of likely N-dealkylation sites (tertiary alicyclic amines) is 1. The van der Waals surface area contributed by atoms with Gasteiger partial charge in [0.1, 0.15) is 6.42 Å². The van der Waals surface area contributed by atoms with Crippen molar-refractivity contribution in [1.82, 2.24) is 4.90 Å². The Balaban J connectivity index is 2.22. The number of aliphatic hydroxyl groups excluding tert-OH is 1. The maximum atomic E-state index is 10.9. The van der Waals surface area contributed by atoms with Crippen LogP contribution in [0.25, 0.3) is 0 Å². The SMILES string of the molecule is N#CCC(=O)N1CC(CO)C1. The Morgan fingerprint density at radius 1 is 1.73 bits per heavy atom. The van der Waals surface area contributed by atoms with E-state index in [1.807, 2.05) is 0 Å². The largest absolute Gasteiger partial charge is 0.396 e. The van der Waals surface area contributed by atoms with Crippen LogP contribution in [0, 0.1) is 17.2 Å². The Labute approximate surface area is 65.0 Å². The Bertz CT molecular complexity index is 191. The van der Waals surface area contributed by atoms with Gasteiger partial charge in [0.2, 0.25) is 5.91 Å². The molecule has 1 amide bonds. The average Bonchev–Trinajstić information content (AvgIpc) is 1.86. The summed E-state index contributed by atoms with van der Waals surface area (Å²) in [5.74, 6) is 0.106. The Morgan fingerprint density at radius 3 is 2.82 bits per heavy atom. The van der Waals surface area contributed by atoms with Gasteiger partial charge in [-0.1, -0.05) is 0 Å². The second kappa shape index (κ2) is 3.35. The zero-order valence-corrected chi connectivity index (χ0v) is 6.16. The molecule has 0 spiro atoms. The topological polar surface area (TPSA) is 64.3 Å². The van der Waals surface area contributed by atoms with Crippen molar-refractivity contribution in [2.45, 2.75) is 6.42 Å². The van der Waals surface area contributed by atoms with Gasteiger partial charge < -0.3 is 10.0 Å². The molecule has 0 aromatic carbocycles. The van der Waals surface area contributed by atoms with Crippen molar-refractivity contribution >= 4 is 5.91 Å². The number of nitriles is 1. The molecular formula is C7H10N2O2. The van der Waals surface area contributed by atoms with E-state index in [1.165, 1.54) is 0 Å². The number of carbonyl (C=O) groups excluding carboxylic acids is 1. The smallest absolute Gasteiger partial charge is 0.236 e. The molecule has 1 N–H and O–H groups in total. The summed E-state index contributed by atoms with van der Waals surface area (Å²) in [6.07, 6.45) is -0.0435. The standard InChI is InChI=1S/C7H10N2O2/c8-2-1-7(11)9-3-6(4-9)5-10/h6,10H,1,3-5H2. The summed E-state index contributed by atoms with van der Waals surface area (Å²) < 4.78 is 0. The lowest BCUT2D eigenvalue weighted by molar-refractivity contribution is -0.137. The van der Waals surface area contributed by atoms with Crippen LogP contribution >= 0.6 is 0 Å². The lowest BCUT2D eigenvalue weighted by atomic mass is 10.0. The van der Waals surface area contributed by atoms with Gasteiger partial charge in [-0.2, -0.15) is 5.26 Å². The number of hydrogen-bond donors (Lipinski definition) is 1. The Hall–Kier alpha value is -1.08. The number of hydrogen-bond acceptors (Lipinski definition) is 3. The molecule has 0 aromatic heterocycles. The summed E-state index contributed by atoms with van der Waals surface area (Å²) in [5, 5.41) is 16.8. The van der Waals surface area contributed by atoms with Crippen LogP contribution in [0.15, 0.2) is 0 Å². The lowest BCUT2D eigenvalue weighted by Crippen LogP contribution is -2.51. The third-order valence-electron chi connectivity index (χ3n) is 1.80. The molecule has 0 unspecified atom stereocenters. The molecule has 11 heavy (non-hydrogen) atoms. The number of nitrogens with zero attached hydrogens (tertiary/aromatic N) is 2. The predicted octanol–water partition coefficient (Wildman–Crippen LogP) is -0.649. The van der Waals surface area contributed by atoms with Crippen LogP contribution in [0.3, 0.4) is 0 Å². The van der Waals surface area contributed by atoms with Crippen molar-refractivity contribution in [3.63, 3.8) is 0 Å². The third kappa shape index (κ3) is 1.69. The van der Waals surface area contributed by atoms with Crippen molar-refractivity contribution in [2.75, 3.05) is 19.7 Å². The summed E-state index contributed by atoms with van der Waals surface area (Å²) in [4.78, 5) is 12.5. The minimum atomic E-state index is -0.128. The molecule has 1 rings (SSSR count). The van der Waals surface area contributed by atoms with Gasteiger partial charge in [-0.05, 0) is 0 Å². The molecule has 0 atom stereocenters. The average molecular weight is 154 g/mol. The third-order valence-corrected chi connectivity index (χ3v) is 1.80. The van der Waals surface area contributed by atoms with E-state index in [1.54, 1.807) is 11.0 Å². The van der Waals surface area contributed by atoms with E-state index in [4.69, 9.17) is 10.4 Å². The fourth-order valence-electron chi connectivity index (χ4n) is 1.07. The van der Waals surface area contributed by atoms with Crippen LogP contribution in [-0.2, 0) is 4.79 Å². The van der Waals surface area contributed by atoms with E-state index in [0.29, 0.717) is 13.1 Å². The molecule has 0 saturated carbocycles. The highest BCUT2D eigenvalue weighted by molar-refractivity contribution is 5.78. The highest BCUT2D eigenvalue weighted by atomic mass is 16.3. The highest BCUT2D eigenvalue weighted by Crippen LogP contribution is 2.14. The van der Waals surface area contributed by atoms with Gasteiger partial charge in [-0.25, -0.2) is 0 Å². The van der Waals surface area contributed by atoms with E-state index in [0.717, 1.165) is 0 Å². The molecule has 4 heteroatoms. The van der Waals surface area contributed by atoms with Gasteiger partial charge in [0.25, 0.3) is 0 Å². The van der Waals surface area contributed by atoms with E-state index >= 15 is 0 Å². The summed E-state index contributed by atoms with van der Waals surface area (Å²) in [7, 11) is 0. The number of amides is 1. The van der Waals surface area contributed by atoms with Crippen molar-refractivity contribution in [1.29, 1.82) is 5.26 Å². The monoisotopic (exact) mass is 154 g/mol. The molecule has 0 radical (unpaired) electrons. The number of rotatable bonds is 2. The van der Waals surface area contributed by atoms with Gasteiger partial charge in [-0.15, -0.1) is 0 Å². The summed E-state index contributed by atoms with van der Waals surface area (Å²) in [6, 6.07) is 1.80. The lowest BCUT2D eigenvalue weighted by Gasteiger charge is -2.37. The van der Waals surface area contributed by atoms with Crippen LogP contribution in [0.4, 0.5) is 0 Å². The minimum Gasteiger partial charge on any atom is -0.396 e. The molecule has 0 bridgehead atoms. The second-order valence-corrected chi connectivity index (χ2v) is 2.68. The van der Waals surface area contributed by atoms with Crippen LogP contribution < -0.4 is 0 Å². The van der Waals surface area contributed by atoms with Crippen molar-refractivity contribution in [3.05, 3.63) is 0 Å². The summed E-state index contributed by atoms with van der Waals surface area (Å²) >= 11 is 0. The van der Waals surface area contributed by atoms with Crippen LogP contribution in [-0.4, -0.2) is 35.6 Å². The molecule has 0 aromatic rings. The normalized spacial score (nSPS) is 17.3.